The van der Waals surface area contributed by atoms with Crippen molar-refractivity contribution in [1.29, 1.82) is 0 Å². The van der Waals surface area contributed by atoms with Crippen molar-refractivity contribution < 1.29 is 14.0 Å². The number of hydrogen-bond acceptors (Lipinski definition) is 3. The zero-order chi connectivity index (χ0) is 18.5. The molecule has 0 radical (unpaired) electrons. The number of amides is 2. The molecule has 0 saturated heterocycles. The number of rotatable bonds is 5. The first kappa shape index (κ1) is 20.8. The quantitative estimate of drug-likeness (QED) is 0.297. The van der Waals surface area contributed by atoms with Gasteiger partial charge in [0.2, 0.25) is 0 Å². The van der Waals surface area contributed by atoms with Crippen LogP contribution in [-0.4, -0.2) is 42.8 Å². The number of guanidine groups is 1. The molecule has 6 nitrogen and oxygen atoms in total. The van der Waals surface area contributed by atoms with E-state index in [-0.39, 0.29) is 54.7 Å². The molecular formula is C19H20FIN4O2. The Labute approximate surface area is 173 Å². The molecule has 2 N–H and O–H groups in total. The maximum absolute atomic E-state index is 13.6. The summed E-state index contributed by atoms with van der Waals surface area (Å²) in [5, 5.41) is 6.03. The van der Waals surface area contributed by atoms with Crippen LogP contribution in [0.3, 0.4) is 0 Å². The molecule has 0 fully saturated rings. The lowest BCUT2D eigenvalue weighted by molar-refractivity contribution is 0.0657. The van der Waals surface area contributed by atoms with Crippen molar-refractivity contribution in [2.24, 2.45) is 4.99 Å². The minimum atomic E-state index is -0.290. The van der Waals surface area contributed by atoms with Gasteiger partial charge in [-0.3, -0.25) is 19.5 Å². The third-order valence-electron chi connectivity index (χ3n) is 4.13. The number of imide groups is 1. The van der Waals surface area contributed by atoms with Gasteiger partial charge in [-0.25, -0.2) is 4.39 Å². The Bertz CT molecular complexity index is 837. The highest BCUT2D eigenvalue weighted by Crippen LogP contribution is 2.21. The van der Waals surface area contributed by atoms with Gasteiger partial charge in [-0.15, -0.1) is 24.0 Å². The monoisotopic (exact) mass is 482 g/mol. The minimum Gasteiger partial charge on any atom is -0.355 e. The SMILES string of the molecule is CN=C(NCCN1C(=O)c2ccccc2C1=O)NCc1ccccc1F.I. The normalized spacial score (nSPS) is 13.3. The Morgan fingerprint density at radius 2 is 1.59 bits per heavy atom. The van der Waals surface area contributed by atoms with E-state index in [1.165, 1.54) is 11.0 Å². The van der Waals surface area contributed by atoms with Gasteiger partial charge in [0.1, 0.15) is 5.82 Å². The summed E-state index contributed by atoms with van der Waals surface area (Å²) in [7, 11) is 1.60. The van der Waals surface area contributed by atoms with Gasteiger partial charge in [0, 0.05) is 32.2 Å². The molecular weight excluding hydrogens is 462 g/mol. The average Bonchev–Trinajstić information content (AvgIpc) is 2.90. The number of benzene rings is 2. The Kier molecular flexibility index (Phi) is 7.28. The van der Waals surface area contributed by atoms with E-state index in [2.05, 4.69) is 15.6 Å². The Balaban J connectivity index is 0.00000261. The molecule has 0 spiro atoms. The highest BCUT2D eigenvalue weighted by atomic mass is 127. The molecule has 0 unspecified atom stereocenters. The maximum atomic E-state index is 13.6. The number of fused-ring (bicyclic) bond motifs is 1. The molecule has 1 aliphatic rings. The van der Waals surface area contributed by atoms with E-state index in [0.29, 0.717) is 29.2 Å². The number of nitrogens with zero attached hydrogens (tertiary/aromatic N) is 2. The molecule has 0 atom stereocenters. The second kappa shape index (κ2) is 9.45. The fourth-order valence-corrected chi connectivity index (χ4v) is 2.77. The minimum absolute atomic E-state index is 0. The van der Waals surface area contributed by atoms with Crippen molar-refractivity contribution >= 4 is 41.8 Å². The smallest absolute Gasteiger partial charge is 0.261 e. The molecule has 0 aromatic heterocycles. The number of carbonyl (C=O) groups excluding carboxylic acids is 2. The Morgan fingerprint density at radius 1 is 1.00 bits per heavy atom. The summed E-state index contributed by atoms with van der Waals surface area (Å²) >= 11 is 0. The van der Waals surface area contributed by atoms with Crippen LogP contribution in [0, 0.1) is 5.82 Å². The summed E-state index contributed by atoms with van der Waals surface area (Å²) in [5.74, 6) is -0.408. The van der Waals surface area contributed by atoms with E-state index in [0.717, 1.165) is 0 Å². The van der Waals surface area contributed by atoms with E-state index in [1.807, 2.05) is 0 Å². The van der Waals surface area contributed by atoms with Gasteiger partial charge < -0.3 is 10.6 Å². The van der Waals surface area contributed by atoms with Gasteiger partial charge in [0.25, 0.3) is 11.8 Å². The third-order valence-corrected chi connectivity index (χ3v) is 4.13. The Hall–Kier alpha value is -2.49. The predicted octanol–water partition coefficient (Wildman–Crippen LogP) is 2.40. The molecule has 2 aromatic carbocycles. The van der Waals surface area contributed by atoms with Crippen LogP contribution in [0.4, 0.5) is 4.39 Å². The molecule has 2 amide bonds. The third kappa shape index (κ3) is 4.62. The summed E-state index contributed by atoms with van der Waals surface area (Å²) < 4.78 is 13.6. The number of carbonyl (C=O) groups is 2. The lowest BCUT2D eigenvalue weighted by Crippen LogP contribution is -2.42. The second-order valence-corrected chi connectivity index (χ2v) is 5.75. The van der Waals surface area contributed by atoms with E-state index < -0.39 is 0 Å². The van der Waals surface area contributed by atoms with Crippen molar-refractivity contribution in [3.63, 3.8) is 0 Å². The molecule has 0 saturated carbocycles. The van der Waals surface area contributed by atoms with Gasteiger partial charge in [-0.2, -0.15) is 0 Å². The second-order valence-electron chi connectivity index (χ2n) is 5.75. The predicted molar refractivity (Wildman–Crippen MR) is 112 cm³/mol. The average molecular weight is 482 g/mol. The van der Waals surface area contributed by atoms with Gasteiger partial charge in [-0.05, 0) is 18.2 Å². The van der Waals surface area contributed by atoms with Crippen LogP contribution in [0.2, 0.25) is 0 Å². The van der Waals surface area contributed by atoms with Crippen molar-refractivity contribution in [2.75, 3.05) is 20.1 Å². The first-order valence-corrected chi connectivity index (χ1v) is 8.25. The lowest BCUT2D eigenvalue weighted by Gasteiger charge is -2.16. The highest BCUT2D eigenvalue weighted by molar-refractivity contribution is 14.0. The topological polar surface area (TPSA) is 73.8 Å². The largest absolute Gasteiger partial charge is 0.355 e. The first-order valence-electron chi connectivity index (χ1n) is 8.25. The van der Waals surface area contributed by atoms with Gasteiger partial charge in [0.15, 0.2) is 5.96 Å². The summed E-state index contributed by atoms with van der Waals surface area (Å²) in [6.45, 7) is 0.828. The molecule has 27 heavy (non-hydrogen) atoms. The summed E-state index contributed by atoms with van der Waals surface area (Å²) in [4.78, 5) is 29.8. The molecule has 1 aliphatic heterocycles. The van der Waals surface area contributed by atoms with Crippen LogP contribution in [0.25, 0.3) is 0 Å². The zero-order valence-corrected chi connectivity index (χ0v) is 17.1. The highest BCUT2D eigenvalue weighted by Gasteiger charge is 2.34. The Morgan fingerprint density at radius 3 is 2.19 bits per heavy atom. The number of nitrogens with one attached hydrogen (secondary N) is 2. The van der Waals surface area contributed by atoms with Crippen molar-refractivity contribution in [3.8, 4) is 0 Å². The molecule has 142 valence electrons. The van der Waals surface area contributed by atoms with Gasteiger partial charge >= 0.3 is 0 Å². The fraction of sp³-hybridized carbons (Fsp3) is 0.211. The van der Waals surface area contributed by atoms with E-state index >= 15 is 0 Å². The molecule has 0 bridgehead atoms. The van der Waals surface area contributed by atoms with Crippen LogP contribution in [0.5, 0.6) is 0 Å². The first-order chi connectivity index (χ1) is 12.6. The van der Waals surface area contributed by atoms with Crippen molar-refractivity contribution in [2.45, 2.75) is 6.54 Å². The summed E-state index contributed by atoms with van der Waals surface area (Å²) in [6, 6.07) is 13.3. The number of aliphatic imine (C=N–C) groups is 1. The van der Waals surface area contributed by atoms with Crippen LogP contribution in [-0.2, 0) is 6.54 Å². The summed E-state index contributed by atoms with van der Waals surface area (Å²) in [5.41, 5.74) is 1.38. The van der Waals surface area contributed by atoms with Crippen LogP contribution < -0.4 is 10.6 Å². The zero-order valence-electron chi connectivity index (χ0n) is 14.7. The molecule has 3 rings (SSSR count). The lowest BCUT2D eigenvalue weighted by atomic mass is 10.1. The standard InChI is InChI=1S/C19H19FN4O2.HI/c1-21-19(23-12-13-6-2-5-9-16(13)20)22-10-11-24-17(25)14-7-3-4-8-15(14)18(24)26;/h2-9H,10-12H2,1H3,(H2,21,22,23);1H. The fourth-order valence-electron chi connectivity index (χ4n) is 2.77. The maximum Gasteiger partial charge on any atom is 0.261 e. The van der Waals surface area contributed by atoms with Crippen molar-refractivity contribution in [1.82, 2.24) is 15.5 Å². The van der Waals surface area contributed by atoms with Crippen LogP contribution in [0.1, 0.15) is 26.3 Å². The van der Waals surface area contributed by atoms with Crippen LogP contribution >= 0.6 is 24.0 Å². The van der Waals surface area contributed by atoms with E-state index in [9.17, 15) is 14.0 Å². The van der Waals surface area contributed by atoms with Crippen LogP contribution in [0.15, 0.2) is 53.5 Å². The molecule has 0 aliphatic carbocycles. The van der Waals surface area contributed by atoms with Gasteiger partial charge in [-0.1, -0.05) is 30.3 Å². The number of halogens is 2. The molecule has 1 heterocycles. The van der Waals surface area contributed by atoms with E-state index in [4.69, 9.17) is 0 Å². The number of hydrogen-bond donors (Lipinski definition) is 2. The van der Waals surface area contributed by atoms with E-state index in [1.54, 1.807) is 49.5 Å². The van der Waals surface area contributed by atoms with Crippen molar-refractivity contribution in [3.05, 3.63) is 71.0 Å². The van der Waals surface area contributed by atoms with Gasteiger partial charge in [0.05, 0.1) is 11.1 Å². The summed E-state index contributed by atoms with van der Waals surface area (Å²) in [6.07, 6.45) is 0. The molecule has 2 aromatic rings. The molecule has 8 heteroatoms.